The molecule has 0 bridgehead atoms. The number of anilines is 2. The molecule has 0 atom stereocenters. The van der Waals surface area contributed by atoms with Crippen molar-refractivity contribution in [3.05, 3.63) is 53.9 Å². The SMILES string of the molecule is C=CC(=O)CCc1cc2c(cn1)CN(c1c(F)c(OC)cc(OC)c1F)C(=O)N2CC1CCC1. The number of urea groups is 1. The fourth-order valence-electron chi connectivity index (χ4n) is 4.26. The van der Waals surface area contributed by atoms with E-state index >= 15 is 8.78 Å². The average molecular weight is 472 g/mol. The fourth-order valence-corrected chi connectivity index (χ4v) is 4.26. The number of fused-ring (bicyclic) bond motifs is 1. The van der Waals surface area contributed by atoms with Crippen molar-refractivity contribution >= 4 is 23.2 Å². The molecule has 1 aromatic heterocycles. The number of methoxy groups -OCH3 is 2. The Hall–Kier alpha value is -3.49. The summed E-state index contributed by atoms with van der Waals surface area (Å²) in [4.78, 5) is 32.3. The number of pyridine rings is 1. The molecule has 2 amide bonds. The molecule has 2 aliphatic rings. The molecule has 34 heavy (non-hydrogen) atoms. The molecule has 1 aliphatic heterocycles. The van der Waals surface area contributed by atoms with Gasteiger partial charge in [-0.25, -0.2) is 13.6 Å². The van der Waals surface area contributed by atoms with Crippen molar-refractivity contribution in [3.8, 4) is 11.5 Å². The summed E-state index contributed by atoms with van der Waals surface area (Å²) in [5.41, 5.74) is 1.44. The standard InChI is InChI=1S/C25H27F2N3O4/c1-4-18(31)9-8-17-10-19-16(12-28-17)14-30(25(32)29(19)13-15-6-5-7-15)24-22(26)20(33-2)11-21(34-3)23(24)27/h4,10-12,15H,1,5-9,13-14H2,2-3H3. The highest BCUT2D eigenvalue weighted by Crippen LogP contribution is 2.41. The number of ether oxygens (including phenoxy) is 2. The van der Waals surface area contributed by atoms with Gasteiger partial charge in [-0.15, -0.1) is 0 Å². The maximum Gasteiger partial charge on any atom is 0.329 e. The maximum atomic E-state index is 15.2. The van der Waals surface area contributed by atoms with Crippen molar-refractivity contribution in [1.29, 1.82) is 0 Å². The monoisotopic (exact) mass is 471 g/mol. The van der Waals surface area contributed by atoms with E-state index in [9.17, 15) is 9.59 Å². The summed E-state index contributed by atoms with van der Waals surface area (Å²) in [6, 6.07) is 2.37. The first kappa shape index (κ1) is 23.7. The van der Waals surface area contributed by atoms with E-state index in [0.29, 0.717) is 35.8 Å². The van der Waals surface area contributed by atoms with Crippen LogP contribution in [-0.2, 0) is 17.8 Å². The van der Waals surface area contributed by atoms with Gasteiger partial charge in [0.25, 0.3) is 0 Å². The zero-order chi connectivity index (χ0) is 24.4. The summed E-state index contributed by atoms with van der Waals surface area (Å²) in [7, 11) is 2.52. The Balaban J connectivity index is 1.76. The first-order valence-electron chi connectivity index (χ1n) is 11.2. The van der Waals surface area contributed by atoms with Crippen LogP contribution in [0.15, 0.2) is 31.0 Å². The van der Waals surface area contributed by atoms with Crippen molar-refractivity contribution in [2.45, 2.75) is 38.6 Å². The lowest BCUT2D eigenvalue weighted by molar-refractivity contribution is -0.114. The second-order valence-electron chi connectivity index (χ2n) is 8.51. The number of hydrogen-bond acceptors (Lipinski definition) is 5. The third-order valence-electron chi connectivity index (χ3n) is 6.44. The summed E-state index contributed by atoms with van der Waals surface area (Å²) < 4.78 is 40.6. The number of aryl methyl sites for hydroxylation is 1. The van der Waals surface area contributed by atoms with Crippen LogP contribution in [0.3, 0.4) is 0 Å². The summed E-state index contributed by atoms with van der Waals surface area (Å²) in [6.07, 6.45) is 6.60. The number of carbonyl (C=O) groups excluding carboxylic acids is 2. The van der Waals surface area contributed by atoms with Gasteiger partial charge in [0.05, 0.1) is 26.5 Å². The van der Waals surface area contributed by atoms with Gasteiger partial charge < -0.3 is 9.47 Å². The second kappa shape index (κ2) is 9.79. The van der Waals surface area contributed by atoms with E-state index in [1.165, 1.54) is 20.3 Å². The number of benzene rings is 1. The summed E-state index contributed by atoms with van der Waals surface area (Å²) >= 11 is 0. The van der Waals surface area contributed by atoms with Crippen LogP contribution in [0.5, 0.6) is 11.5 Å². The molecular formula is C25H27F2N3O4. The Morgan fingerprint density at radius 2 is 1.88 bits per heavy atom. The van der Waals surface area contributed by atoms with Gasteiger partial charge in [-0.3, -0.25) is 19.6 Å². The molecule has 0 radical (unpaired) electrons. The zero-order valence-corrected chi connectivity index (χ0v) is 19.3. The van der Waals surface area contributed by atoms with E-state index in [-0.39, 0.29) is 30.2 Å². The average Bonchev–Trinajstić information content (AvgIpc) is 2.81. The molecule has 2 heterocycles. The number of carbonyl (C=O) groups is 2. The second-order valence-corrected chi connectivity index (χ2v) is 8.51. The Kier molecular flexibility index (Phi) is 6.81. The number of nitrogens with zero attached hydrogens (tertiary/aromatic N) is 3. The first-order valence-corrected chi connectivity index (χ1v) is 11.2. The van der Waals surface area contributed by atoms with Crippen molar-refractivity contribution in [2.24, 2.45) is 5.92 Å². The molecule has 4 rings (SSSR count). The van der Waals surface area contributed by atoms with E-state index in [4.69, 9.17) is 9.47 Å². The molecule has 1 saturated carbocycles. The van der Waals surface area contributed by atoms with Gasteiger partial charge in [-0.1, -0.05) is 13.0 Å². The predicted molar refractivity (Wildman–Crippen MR) is 123 cm³/mol. The molecule has 180 valence electrons. The first-order chi connectivity index (χ1) is 16.4. The van der Waals surface area contributed by atoms with Crippen molar-refractivity contribution in [3.63, 3.8) is 0 Å². The Bertz CT molecular complexity index is 1110. The number of aromatic nitrogens is 1. The topological polar surface area (TPSA) is 72.0 Å². The van der Waals surface area contributed by atoms with Crippen LogP contribution in [0.25, 0.3) is 0 Å². The molecule has 0 saturated heterocycles. The Labute approximate surface area is 197 Å². The highest BCUT2D eigenvalue weighted by molar-refractivity contribution is 6.06. The highest BCUT2D eigenvalue weighted by atomic mass is 19.1. The van der Waals surface area contributed by atoms with E-state index in [1.54, 1.807) is 17.2 Å². The van der Waals surface area contributed by atoms with E-state index < -0.39 is 23.4 Å². The lowest BCUT2D eigenvalue weighted by atomic mass is 9.85. The zero-order valence-electron chi connectivity index (χ0n) is 19.3. The molecule has 2 aromatic rings. The third-order valence-corrected chi connectivity index (χ3v) is 6.44. The number of amides is 2. The van der Waals surface area contributed by atoms with Crippen LogP contribution in [0.2, 0.25) is 0 Å². The van der Waals surface area contributed by atoms with E-state index in [0.717, 1.165) is 30.2 Å². The lowest BCUT2D eigenvalue weighted by Gasteiger charge is -2.40. The number of ketones is 1. The van der Waals surface area contributed by atoms with Gasteiger partial charge in [-0.05, 0) is 37.3 Å². The number of halogens is 2. The molecule has 1 aromatic carbocycles. The van der Waals surface area contributed by atoms with E-state index in [1.807, 2.05) is 0 Å². The quantitative estimate of drug-likeness (QED) is 0.491. The van der Waals surface area contributed by atoms with Gasteiger partial charge in [0.2, 0.25) is 0 Å². The summed E-state index contributed by atoms with van der Waals surface area (Å²) in [5, 5.41) is 0. The Morgan fingerprint density at radius 1 is 1.21 bits per heavy atom. The predicted octanol–water partition coefficient (Wildman–Crippen LogP) is 4.81. The van der Waals surface area contributed by atoms with Gasteiger partial charge in [0.15, 0.2) is 28.9 Å². The van der Waals surface area contributed by atoms with Crippen molar-refractivity contribution in [1.82, 2.24) is 4.98 Å². The largest absolute Gasteiger partial charge is 0.493 e. The van der Waals surface area contributed by atoms with Crippen LogP contribution in [-0.4, -0.2) is 37.6 Å². The van der Waals surface area contributed by atoms with Crippen LogP contribution < -0.4 is 19.3 Å². The lowest BCUT2D eigenvalue weighted by Crippen LogP contribution is -2.50. The minimum Gasteiger partial charge on any atom is -0.493 e. The molecule has 1 fully saturated rings. The van der Waals surface area contributed by atoms with Gasteiger partial charge in [0, 0.05) is 36.5 Å². The van der Waals surface area contributed by atoms with Crippen LogP contribution in [0.1, 0.15) is 36.9 Å². The molecular weight excluding hydrogens is 444 g/mol. The van der Waals surface area contributed by atoms with E-state index in [2.05, 4.69) is 11.6 Å². The minimum absolute atomic E-state index is 0.0711. The van der Waals surface area contributed by atoms with Crippen LogP contribution >= 0.6 is 0 Å². The molecule has 7 nitrogen and oxygen atoms in total. The summed E-state index contributed by atoms with van der Waals surface area (Å²) in [5.74, 6) is -2.19. The van der Waals surface area contributed by atoms with Gasteiger partial charge >= 0.3 is 6.03 Å². The number of allylic oxidation sites excluding steroid dienone is 1. The van der Waals surface area contributed by atoms with Crippen LogP contribution in [0.4, 0.5) is 25.0 Å². The van der Waals surface area contributed by atoms with Crippen molar-refractivity contribution in [2.75, 3.05) is 30.6 Å². The normalized spacial score (nSPS) is 15.6. The smallest absolute Gasteiger partial charge is 0.329 e. The fraction of sp³-hybridized carbons (Fsp3) is 0.400. The minimum atomic E-state index is -0.978. The third kappa shape index (κ3) is 4.34. The highest BCUT2D eigenvalue weighted by Gasteiger charge is 2.38. The molecule has 1 aliphatic carbocycles. The van der Waals surface area contributed by atoms with Crippen LogP contribution in [0, 0.1) is 17.6 Å². The molecule has 9 heteroatoms. The number of hydrogen-bond donors (Lipinski definition) is 0. The van der Waals surface area contributed by atoms with Gasteiger partial charge in [0.1, 0.15) is 5.69 Å². The molecule has 0 unspecified atom stereocenters. The molecule has 0 spiro atoms. The van der Waals surface area contributed by atoms with Gasteiger partial charge in [-0.2, -0.15) is 0 Å². The maximum absolute atomic E-state index is 15.2. The summed E-state index contributed by atoms with van der Waals surface area (Å²) in [6.45, 7) is 3.84. The molecule has 0 N–H and O–H groups in total. The Morgan fingerprint density at radius 3 is 2.44 bits per heavy atom. The number of rotatable bonds is 9. The van der Waals surface area contributed by atoms with Crippen molar-refractivity contribution < 1.29 is 27.8 Å².